The zero-order valence-electron chi connectivity index (χ0n) is 10.2. The highest BCUT2D eigenvalue weighted by molar-refractivity contribution is 5.25. The van der Waals surface area contributed by atoms with Crippen LogP contribution in [-0.2, 0) is 11.3 Å². The van der Waals surface area contributed by atoms with E-state index in [1.54, 1.807) is 19.2 Å². The Morgan fingerprint density at radius 3 is 2.38 bits per heavy atom. The molecular formula is C13H21NO2. The number of rotatable bonds is 6. The maximum Gasteiger partial charge on any atom is 0.115 e. The molecule has 0 fully saturated rings. The summed E-state index contributed by atoms with van der Waals surface area (Å²) < 4.78 is 5.17. The third-order valence-electron chi connectivity index (χ3n) is 2.66. The highest BCUT2D eigenvalue weighted by atomic mass is 16.5. The Morgan fingerprint density at radius 2 is 1.88 bits per heavy atom. The summed E-state index contributed by atoms with van der Waals surface area (Å²) in [6.45, 7) is 5.86. The molecule has 16 heavy (non-hydrogen) atoms. The van der Waals surface area contributed by atoms with Crippen molar-refractivity contribution in [2.75, 3.05) is 13.7 Å². The van der Waals surface area contributed by atoms with Gasteiger partial charge in [-0.15, -0.1) is 0 Å². The molecule has 1 aromatic carbocycles. The number of hydrogen-bond donors (Lipinski definition) is 2. The molecular weight excluding hydrogens is 202 g/mol. The molecule has 0 radical (unpaired) electrons. The van der Waals surface area contributed by atoms with Crippen molar-refractivity contribution in [1.82, 2.24) is 5.32 Å². The van der Waals surface area contributed by atoms with Crippen molar-refractivity contribution < 1.29 is 9.84 Å². The highest BCUT2D eigenvalue weighted by Crippen LogP contribution is 2.10. The molecule has 0 amide bonds. The molecule has 0 heterocycles. The first kappa shape index (κ1) is 13.0. The molecule has 1 unspecified atom stereocenters. The molecule has 90 valence electrons. The van der Waals surface area contributed by atoms with Crippen LogP contribution in [0.15, 0.2) is 24.3 Å². The summed E-state index contributed by atoms with van der Waals surface area (Å²) in [5.41, 5.74) is 1.17. The molecule has 0 spiro atoms. The van der Waals surface area contributed by atoms with Crippen molar-refractivity contribution in [1.29, 1.82) is 0 Å². The van der Waals surface area contributed by atoms with E-state index >= 15 is 0 Å². The second-order valence-corrected chi connectivity index (χ2v) is 4.35. The second-order valence-electron chi connectivity index (χ2n) is 4.35. The normalized spacial score (nSPS) is 13.0. The molecule has 1 atom stereocenters. The Hall–Kier alpha value is -1.06. The van der Waals surface area contributed by atoms with Gasteiger partial charge in [0.1, 0.15) is 5.75 Å². The lowest BCUT2D eigenvalue weighted by molar-refractivity contribution is 0.146. The summed E-state index contributed by atoms with van der Waals surface area (Å²) in [6.07, 6.45) is 0. The van der Waals surface area contributed by atoms with E-state index in [2.05, 4.69) is 19.2 Å². The van der Waals surface area contributed by atoms with Gasteiger partial charge in [-0.1, -0.05) is 26.0 Å². The molecule has 0 aliphatic carbocycles. The number of nitrogens with one attached hydrogen (secondary N) is 1. The molecule has 0 aromatic heterocycles. The maximum absolute atomic E-state index is 9.17. The van der Waals surface area contributed by atoms with Gasteiger partial charge < -0.3 is 15.2 Å². The van der Waals surface area contributed by atoms with Crippen LogP contribution in [0.3, 0.4) is 0 Å². The van der Waals surface area contributed by atoms with Crippen molar-refractivity contribution in [2.45, 2.75) is 26.4 Å². The average Bonchev–Trinajstić information content (AvgIpc) is 2.26. The summed E-state index contributed by atoms with van der Waals surface area (Å²) in [7, 11) is 1.72. The van der Waals surface area contributed by atoms with Gasteiger partial charge in [-0.2, -0.15) is 0 Å². The molecule has 3 heteroatoms. The standard InChI is InChI=1S/C13H21NO2/c1-10(2)13(9-16-3)14-8-11-4-6-12(15)7-5-11/h4-7,10,13-15H,8-9H2,1-3H3. The van der Waals surface area contributed by atoms with Crippen molar-refractivity contribution in [2.24, 2.45) is 5.92 Å². The first-order valence-electron chi connectivity index (χ1n) is 5.63. The minimum atomic E-state index is 0.307. The predicted octanol–water partition coefficient (Wildman–Crippen LogP) is 2.15. The lowest BCUT2D eigenvalue weighted by atomic mass is 10.0. The number of phenols is 1. The van der Waals surface area contributed by atoms with E-state index in [0.29, 0.717) is 17.7 Å². The van der Waals surface area contributed by atoms with E-state index in [1.165, 1.54) is 5.56 Å². The third kappa shape index (κ3) is 4.21. The smallest absolute Gasteiger partial charge is 0.115 e. The Labute approximate surface area is 97.4 Å². The predicted molar refractivity (Wildman–Crippen MR) is 65.4 cm³/mol. The van der Waals surface area contributed by atoms with Gasteiger partial charge in [0.15, 0.2) is 0 Å². The Morgan fingerprint density at radius 1 is 1.25 bits per heavy atom. The molecule has 0 saturated heterocycles. The van der Waals surface area contributed by atoms with Crippen LogP contribution in [0.2, 0.25) is 0 Å². The van der Waals surface area contributed by atoms with Gasteiger partial charge >= 0.3 is 0 Å². The Bertz CT molecular complexity index is 295. The summed E-state index contributed by atoms with van der Waals surface area (Å²) in [5, 5.41) is 12.6. The van der Waals surface area contributed by atoms with Crippen LogP contribution in [0.4, 0.5) is 0 Å². The van der Waals surface area contributed by atoms with Gasteiger partial charge in [0.25, 0.3) is 0 Å². The molecule has 0 saturated carbocycles. The van der Waals surface area contributed by atoms with Crippen LogP contribution in [0, 0.1) is 5.92 Å². The van der Waals surface area contributed by atoms with E-state index < -0.39 is 0 Å². The van der Waals surface area contributed by atoms with Crippen LogP contribution in [0.1, 0.15) is 19.4 Å². The third-order valence-corrected chi connectivity index (χ3v) is 2.66. The van der Waals surface area contributed by atoms with Crippen molar-refractivity contribution in [3.8, 4) is 5.75 Å². The lowest BCUT2D eigenvalue weighted by Crippen LogP contribution is -2.37. The second kappa shape index (κ2) is 6.51. The van der Waals surface area contributed by atoms with Gasteiger partial charge in [-0.25, -0.2) is 0 Å². The fourth-order valence-corrected chi connectivity index (χ4v) is 1.53. The average molecular weight is 223 g/mol. The van der Waals surface area contributed by atoms with Crippen LogP contribution in [0.25, 0.3) is 0 Å². The van der Waals surface area contributed by atoms with E-state index in [0.717, 1.165) is 13.2 Å². The summed E-state index contributed by atoms with van der Waals surface area (Å²) >= 11 is 0. The number of benzene rings is 1. The van der Waals surface area contributed by atoms with Crippen LogP contribution >= 0.6 is 0 Å². The Kier molecular flexibility index (Phi) is 5.29. The van der Waals surface area contributed by atoms with E-state index in [-0.39, 0.29) is 0 Å². The number of methoxy groups -OCH3 is 1. The van der Waals surface area contributed by atoms with Crippen LogP contribution in [-0.4, -0.2) is 24.9 Å². The summed E-state index contributed by atoms with van der Waals surface area (Å²) in [5.74, 6) is 0.845. The van der Waals surface area contributed by atoms with Gasteiger partial charge in [-0.3, -0.25) is 0 Å². The number of aromatic hydroxyl groups is 1. The van der Waals surface area contributed by atoms with Crippen molar-refractivity contribution in [3.05, 3.63) is 29.8 Å². The quantitative estimate of drug-likeness (QED) is 0.776. The largest absolute Gasteiger partial charge is 0.508 e. The number of hydrogen-bond acceptors (Lipinski definition) is 3. The molecule has 1 aromatic rings. The topological polar surface area (TPSA) is 41.5 Å². The zero-order chi connectivity index (χ0) is 12.0. The maximum atomic E-state index is 9.17. The van der Waals surface area contributed by atoms with Gasteiger partial charge in [0, 0.05) is 19.7 Å². The van der Waals surface area contributed by atoms with Gasteiger partial charge in [0.05, 0.1) is 6.61 Å². The number of phenolic OH excluding ortho intramolecular Hbond substituents is 1. The molecule has 2 N–H and O–H groups in total. The summed E-state index contributed by atoms with van der Waals surface area (Å²) in [4.78, 5) is 0. The lowest BCUT2D eigenvalue weighted by Gasteiger charge is -2.21. The fourth-order valence-electron chi connectivity index (χ4n) is 1.53. The summed E-state index contributed by atoms with van der Waals surface area (Å²) in [6, 6.07) is 7.62. The Balaban J connectivity index is 2.45. The minimum Gasteiger partial charge on any atom is -0.508 e. The minimum absolute atomic E-state index is 0.307. The first-order chi connectivity index (χ1) is 7.63. The highest BCUT2D eigenvalue weighted by Gasteiger charge is 2.11. The van der Waals surface area contributed by atoms with E-state index in [4.69, 9.17) is 9.84 Å². The van der Waals surface area contributed by atoms with Crippen molar-refractivity contribution >= 4 is 0 Å². The molecule has 1 rings (SSSR count). The van der Waals surface area contributed by atoms with Crippen LogP contribution < -0.4 is 5.32 Å². The monoisotopic (exact) mass is 223 g/mol. The van der Waals surface area contributed by atoms with E-state index in [9.17, 15) is 0 Å². The van der Waals surface area contributed by atoms with Crippen LogP contribution in [0.5, 0.6) is 5.75 Å². The zero-order valence-corrected chi connectivity index (χ0v) is 10.2. The SMILES string of the molecule is COCC(NCc1ccc(O)cc1)C(C)C. The van der Waals surface area contributed by atoms with Crippen molar-refractivity contribution in [3.63, 3.8) is 0 Å². The molecule has 0 bridgehead atoms. The molecule has 0 aliphatic rings. The van der Waals surface area contributed by atoms with Gasteiger partial charge in [-0.05, 0) is 23.6 Å². The fraction of sp³-hybridized carbons (Fsp3) is 0.538. The molecule has 0 aliphatic heterocycles. The van der Waals surface area contributed by atoms with Gasteiger partial charge in [0.2, 0.25) is 0 Å². The molecule has 3 nitrogen and oxygen atoms in total. The van der Waals surface area contributed by atoms with E-state index in [1.807, 2.05) is 12.1 Å². The number of ether oxygens (including phenoxy) is 1. The first-order valence-corrected chi connectivity index (χ1v) is 5.63.